The monoisotopic (exact) mass is 253 g/mol. The first kappa shape index (κ1) is 14.3. The van der Waals surface area contributed by atoms with Gasteiger partial charge < -0.3 is 20.7 Å². The van der Waals surface area contributed by atoms with Crippen molar-refractivity contribution in [2.45, 2.75) is 32.2 Å². The van der Waals surface area contributed by atoms with Crippen molar-refractivity contribution in [1.29, 1.82) is 0 Å². The molecule has 0 saturated carbocycles. The molecule has 1 rings (SSSR count). The fourth-order valence-electron chi connectivity index (χ4n) is 1.70. The molecule has 0 saturated heterocycles. The highest BCUT2D eigenvalue weighted by molar-refractivity contribution is 5.66. The fraction of sp³-hybridized carbons (Fsp3) is 0.462. The number of hydrogen-bond acceptors (Lipinski definition) is 4. The molecule has 1 unspecified atom stereocenters. The van der Waals surface area contributed by atoms with Crippen molar-refractivity contribution >= 4 is 5.97 Å². The number of phenolic OH excluding ortho intramolecular Hbond substituents is 1. The van der Waals surface area contributed by atoms with Crippen molar-refractivity contribution in [3.63, 3.8) is 0 Å². The third-order valence-electron chi connectivity index (χ3n) is 2.59. The highest BCUT2D eigenvalue weighted by atomic mass is 16.5. The van der Waals surface area contributed by atoms with Crippen molar-refractivity contribution in [2.24, 2.45) is 5.73 Å². The summed E-state index contributed by atoms with van der Waals surface area (Å²) in [5.41, 5.74) is 6.51. The highest BCUT2D eigenvalue weighted by Gasteiger charge is 2.12. The van der Waals surface area contributed by atoms with Gasteiger partial charge in [-0.3, -0.25) is 4.79 Å². The lowest BCUT2D eigenvalue weighted by Gasteiger charge is -2.13. The molecule has 0 fully saturated rings. The quantitative estimate of drug-likeness (QED) is 0.685. The molecule has 0 radical (unpaired) electrons. The van der Waals surface area contributed by atoms with Crippen LogP contribution in [0.25, 0.3) is 0 Å². The Morgan fingerprint density at radius 2 is 2.22 bits per heavy atom. The smallest absolute Gasteiger partial charge is 0.303 e. The molecular formula is C13H19NO4. The molecule has 0 aromatic heterocycles. The maximum absolute atomic E-state index is 10.4. The van der Waals surface area contributed by atoms with Crippen LogP contribution in [0.2, 0.25) is 0 Å². The minimum atomic E-state index is -0.863. The molecule has 4 N–H and O–H groups in total. The Balaban J connectivity index is 2.66. The van der Waals surface area contributed by atoms with E-state index in [1.807, 2.05) is 6.92 Å². The van der Waals surface area contributed by atoms with E-state index in [4.69, 9.17) is 15.6 Å². The Morgan fingerprint density at radius 3 is 2.83 bits per heavy atom. The summed E-state index contributed by atoms with van der Waals surface area (Å²) in [4.78, 5) is 10.4. The summed E-state index contributed by atoms with van der Waals surface area (Å²) < 4.78 is 5.27. The Morgan fingerprint density at radius 1 is 1.50 bits per heavy atom. The van der Waals surface area contributed by atoms with Gasteiger partial charge in [-0.2, -0.15) is 0 Å². The lowest BCUT2D eigenvalue weighted by Crippen LogP contribution is -2.23. The van der Waals surface area contributed by atoms with Crippen LogP contribution in [0.4, 0.5) is 0 Å². The van der Waals surface area contributed by atoms with Crippen LogP contribution in [-0.2, 0) is 11.2 Å². The minimum absolute atomic E-state index is 0.0348. The SMILES string of the molecule is CCOc1cccc(CC(N)CCC(=O)O)c1O. The molecule has 5 heteroatoms. The van der Waals surface area contributed by atoms with E-state index in [0.717, 1.165) is 0 Å². The molecule has 1 aromatic rings. The van der Waals surface area contributed by atoms with E-state index in [0.29, 0.717) is 30.8 Å². The molecule has 0 aliphatic carbocycles. The number of rotatable bonds is 7. The third kappa shape index (κ3) is 4.25. The van der Waals surface area contributed by atoms with Gasteiger partial charge >= 0.3 is 5.97 Å². The van der Waals surface area contributed by atoms with Crippen LogP contribution < -0.4 is 10.5 Å². The minimum Gasteiger partial charge on any atom is -0.504 e. The molecule has 1 aromatic carbocycles. The van der Waals surface area contributed by atoms with Gasteiger partial charge in [-0.05, 0) is 31.4 Å². The Bertz CT molecular complexity index is 406. The zero-order valence-electron chi connectivity index (χ0n) is 10.4. The van der Waals surface area contributed by atoms with Crippen molar-refractivity contribution in [3.8, 4) is 11.5 Å². The summed E-state index contributed by atoms with van der Waals surface area (Å²) >= 11 is 0. The van der Waals surface area contributed by atoms with Crippen LogP contribution in [-0.4, -0.2) is 28.8 Å². The summed E-state index contributed by atoms with van der Waals surface area (Å²) in [6, 6.07) is 4.94. The number of para-hydroxylation sites is 1. The van der Waals surface area contributed by atoms with Crippen LogP contribution in [0.15, 0.2) is 18.2 Å². The zero-order valence-corrected chi connectivity index (χ0v) is 10.4. The maximum atomic E-state index is 10.4. The standard InChI is InChI=1S/C13H19NO4/c1-2-18-11-5-3-4-9(13(11)17)8-10(14)6-7-12(15)16/h3-5,10,17H,2,6-8,14H2,1H3,(H,15,16). The summed E-state index contributed by atoms with van der Waals surface area (Å²) in [6.45, 7) is 2.31. The third-order valence-corrected chi connectivity index (χ3v) is 2.59. The second-order valence-corrected chi connectivity index (χ2v) is 4.09. The van der Waals surface area contributed by atoms with Crippen LogP contribution in [0.5, 0.6) is 11.5 Å². The van der Waals surface area contributed by atoms with Gasteiger partial charge in [0.15, 0.2) is 11.5 Å². The Hall–Kier alpha value is -1.75. The van der Waals surface area contributed by atoms with E-state index in [1.165, 1.54) is 0 Å². The molecule has 5 nitrogen and oxygen atoms in total. The maximum Gasteiger partial charge on any atom is 0.303 e. The Labute approximate surface area is 106 Å². The topological polar surface area (TPSA) is 92.8 Å². The van der Waals surface area contributed by atoms with E-state index in [2.05, 4.69) is 0 Å². The first-order valence-corrected chi connectivity index (χ1v) is 5.95. The first-order valence-electron chi connectivity index (χ1n) is 5.95. The summed E-state index contributed by atoms with van der Waals surface area (Å²) in [6.07, 6.45) is 0.848. The van der Waals surface area contributed by atoms with Gasteiger partial charge in [0.25, 0.3) is 0 Å². The van der Waals surface area contributed by atoms with Gasteiger partial charge in [0.2, 0.25) is 0 Å². The molecule has 0 spiro atoms. The van der Waals surface area contributed by atoms with Gasteiger partial charge in [-0.1, -0.05) is 12.1 Å². The molecule has 0 aliphatic heterocycles. The molecule has 0 amide bonds. The van der Waals surface area contributed by atoms with Crippen molar-refractivity contribution < 1.29 is 19.7 Å². The number of benzene rings is 1. The number of aliphatic carboxylic acids is 1. The van der Waals surface area contributed by atoms with E-state index in [-0.39, 0.29) is 18.2 Å². The number of nitrogens with two attached hydrogens (primary N) is 1. The van der Waals surface area contributed by atoms with Gasteiger partial charge in [0, 0.05) is 12.5 Å². The van der Waals surface area contributed by atoms with E-state index in [1.54, 1.807) is 18.2 Å². The van der Waals surface area contributed by atoms with Crippen molar-refractivity contribution in [1.82, 2.24) is 0 Å². The molecule has 1 atom stereocenters. The number of ether oxygens (including phenoxy) is 1. The molecular weight excluding hydrogens is 234 g/mol. The van der Waals surface area contributed by atoms with Crippen LogP contribution >= 0.6 is 0 Å². The van der Waals surface area contributed by atoms with Crippen molar-refractivity contribution in [2.75, 3.05) is 6.61 Å². The van der Waals surface area contributed by atoms with Gasteiger partial charge in [-0.15, -0.1) is 0 Å². The number of carboxylic acid groups (broad SMARTS) is 1. The number of carbonyl (C=O) groups is 1. The van der Waals surface area contributed by atoms with Gasteiger partial charge in [-0.25, -0.2) is 0 Å². The number of carboxylic acids is 1. The summed E-state index contributed by atoms with van der Waals surface area (Å²) in [7, 11) is 0. The average Bonchev–Trinajstić information content (AvgIpc) is 2.32. The molecule has 100 valence electrons. The predicted octanol–water partition coefficient (Wildman–Crippen LogP) is 1.53. The highest BCUT2D eigenvalue weighted by Crippen LogP contribution is 2.30. The average molecular weight is 253 g/mol. The summed E-state index contributed by atoms with van der Waals surface area (Å²) in [5, 5.41) is 18.5. The van der Waals surface area contributed by atoms with Crippen molar-refractivity contribution in [3.05, 3.63) is 23.8 Å². The normalized spacial score (nSPS) is 12.1. The van der Waals surface area contributed by atoms with E-state index in [9.17, 15) is 9.90 Å². The Kier molecular flexibility index (Phi) is 5.45. The first-order chi connectivity index (χ1) is 8.54. The second kappa shape index (κ2) is 6.86. The van der Waals surface area contributed by atoms with Gasteiger partial charge in [0.05, 0.1) is 6.61 Å². The second-order valence-electron chi connectivity index (χ2n) is 4.09. The summed E-state index contributed by atoms with van der Waals surface area (Å²) in [5.74, 6) is -0.344. The predicted molar refractivity (Wildman–Crippen MR) is 67.8 cm³/mol. The lowest BCUT2D eigenvalue weighted by atomic mass is 10.0. The lowest BCUT2D eigenvalue weighted by molar-refractivity contribution is -0.137. The largest absolute Gasteiger partial charge is 0.504 e. The number of hydrogen-bond donors (Lipinski definition) is 3. The van der Waals surface area contributed by atoms with Crippen LogP contribution in [0.1, 0.15) is 25.3 Å². The fourth-order valence-corrected chi connectivity index (χ4v) is 1.70. The van der Waals surface area contributed by atoms with Crippen LogP contribution in [0, 0.1) is 0 Å². The number of phenols is 1. The molecule has 0 bridgehead atoms. The molecule has 0 aliphatic rings. The van der Waals surface area contributed by atoms with E-state index < -0.39 is 5.97 Å². The molecule has 0 heterocycles. The van der Waals surface area contributed by atoms with Crippen LogP contribution in [0.3, 0.4) is 0 Å². The zero-order chi connectivity index (χ0) is 13.5. The van der Waals surface area contributed by atoms with Gasteiger partial charge in [0.1, 0.15) is 0 Å². The van der Waals surface area contributed by atoms with E-state index >= 15 is 0 Å². The molecule has 18 heavy (non-hydrogen) atoms. The number of aromatic hydroxyl groups is 1.